The van der Waals surface area contributed by atoms with Crippen molar-refractivity contribution < 1.29 is 27.1 Å². The fourth-order valence-corrected chi connectivity index (χ4v) is 5.66. The minimum atomic E-state index is -4.07. The van der Waals surface area contributed by atoms with Crippen LogP contribution in [-0.2, 0) is 14.8 Å². The molecule has 7 nitrogen and oxygen atoms in total. The van der Waals surface area contributed by atoms with Crippen molar-refractivity contribution in [3.05, 3.63) is 84.2 Å². The highest BCUT2D eigenvalue weighted by Crippen LogP contribution is 2.33. The van der Waals surface area contributed by atoms with E-state index in [0.717, 1.165) is 22.7 Å². The number of carbonyl (C=O) groups excluding carboxylic acids is 1. The van der Waals surface area contributed by atoms with E-state index in [0.29, 0.717) is 23.7 Å². The maximum Gasteiger partial charge on any atom is 0.264 e. The van der Waals surface area contributed by atoms with Crippen LogP contribution < -0.4 is 13.8 Å². The SMILES string of the molecule is COc1ccc(N(CC(=O)N2CCCC2c2ccc(F)cc2)S(=O)(=O)c2ccc(OC)cc2)cc1. The highest BCUT2D eigenvalue weighted by molar-refractivity contribution is 7.92. The second-order valence-electron chi connectivity index (χ2n) is 8.18. The van der Waals surface area contributed by atoms with Gasteiger partial charge in [0.15, 0.2) is 0 Å². The summed E-state index contributed by atoms with van der Waals surface area (Å²) in [5.74, 6) is 0.415. The Balaban J connectivity index is 1.66. The van der Waals surface area contributed by atoms with Gasteiger partial charge in [-0.2, -0.15) is 0 Å². The number of amides is 1. The van der Waals surface area contributed by atoms with Crippen molar-refractivity contribution in [2.45, 2.75) is 23.8 Å². The molecule has 0 spiro atoms. The van der Waals surface area contributed by atoms with Crippen LogP contribution in [-0.4, -0.2) is 46.5 Å². The van der Waals surface area contributed by atoms with Crippen LogP contribution in [0.25, 0.3) is 0 Å². The molecule has 1 unspecified atom stereocenters. The Labute approximate surface area is 204 Å². The molecule has 1 amide bonds. The Morgan fingerprint density at radius 3 is 2.09 bits per heavy atom. The minimum Gasteiger partial charge on any atom is -0.497 e. The number of carbonyl (C=O) groups is 1. The van der Waals surface area contributed by atoms with Crippen LogP contribution >= 0.6 is 0 Å². The second-order valence-corrected chi connectivity index (χ2v) is 10.0. The summed E-state index contributed by atoms with van der Waals surface area (Å²) < 4.78 is 52.2. The van der Waals surface area contributed by atoms with Crippen molar-refractivity contribution in [2.75, 3.05) is 31.6 Å². The van der Waals surface area contributed by atoms with Crippen LogP contribution in [0.5, 0.6) is 11.5 Å². The first kappa shape index (κ1) is 24.5. The van der Waals surface area contributed by atoms with Gasteiger partial charge in [-0.25, -0.2) is 12.8 Å². The van der Waals surface area contributed by atoms with E-state index in [4.69, 9.17) is 9.47 Å². The van der Waals surface area contributed by atoms with Gasteiger partial charge in [-0.3, -0.25) is 9.10 Å². The summed E-state index contributed by atoms with van der Waals surface area (Å²) in [6.45, 7) is 0.123. The molecule has 0 N–H and O–H groups in total. The number of halogens is 1. The minimum absolute atomic E-state index is 0.0402. The molecule has 1 aliphatic rings. The fraction of sp³-hybridized carbons (Fsp3) is 0.269. The number of ether oxygens (including phenoxy) is 2. The molecule has 184 valence electrons. The summed E-state index contributed by atoms with van der Waals surface area (Å²) in [6, 6.07) is 18.4. The molecule has 35 heavy (non-hydrogen) atoms. The van der Waals surface area contributed by atoms with Gasteiger partial charge in [-0.1, -0.05) is 12.1 Å². The third kappa shape index (κ3) is 5.24. The molecule has 4 rings (SSSR count). The highest BCUT2D eigenvalue weighted by atomic mass is 32.2. The van der Waals surface area contributed by atoms with E-state index in [1.165, 1.54) is 38.5 Å². The van der Waals surface area contributed by atoms with Crippen LogP contribution in [0.4, 0.5) is 10.1 Å². The third-order valence-corrected chi connectivity index (χ3v) is 7.90. The normalized spacial score (nSPS) is 15.6. The number of methoxy groups -OCH3 is 2. The van der Waals surface area contributed by atoms with Crippen LogP contribution in [0.1, 0.15) is 24.4 Å². The molecule has 1 saturated heterocycles. The maximum absolute atomic E-state index is 13.7. The Kier molecular flexibility index (Phi) is 7.25. The molecule has 9 heteroatoms. The van der Waals surface area contributed by atoms with E-state index in [-0.39, 0.29) is 29.2 Å². The van der Waals surface area contributed by atoms with Gasteiger partial charge in [0.25, 0.3) is 10.0 Å². The van der Waals surface area contributed by atoms with E-state index in [1.54, 1.807) is 53.4 Å². The lowest BCUT2D eigenvalue weighted by Crippen LogP contribution is -2.42. The van der Waals surface area contributed by atoms with Gasteiger partial charge in [0.1, 0.15) is 23.9 Å². The second kappa shape index (κ2) is 10.4. The smallest absolute Gasteiger partial charge is 0.264 e. The molecule has 1 atom stereocenters. The lowest BCUT2D eigenvalue weighted by atomic mass is 10.0. The van der Waals surface area contributed by atoms with Crippen molar-refractivity contribution in [1.29, 1.82) is 0 Å². The summed E-state index contributed by atoms with van der Waals surface area (Å²) >= 11 is 0. The number of benzene rings is 3. The summed E-state index contributed by atoms with van der Waals surface area (Å²) in [6.07, 6.45) is 1.51. The monoisotopic (exact) mass is 498 g/mol. The lowest BCUT2D eigenvalue weighted by molar-refractivity contribution is -0.130. The highest BCUT2D eigenvalue weighted by Gasteiger charge is 2.34. The summed E-state index contributed by atoms with van der Waals surface area (Å²) in [5.41, 5.74) is 1.17. The first-order chi connectivity index (χ1) is 16.8. The standard InChI is InChI=1S/C26H27FN2O5S/c1-33-22-11-9-21(10-12-22)29(35(31,32)24-15-13-23(34-2)14-16-24)18-26(30)28-17-3-4-25(28)19-5-7-20(27)8-6-19/h5-16,25H,3-4,17-18H2,1-2H3. The van der Waals surface area contributed by atoms with E-state index in [9.17, 15) is 17.6 Å². The van der Waals surface area contributed by atoms with Crippen LogP contribution in [0.2, 0.25) is 0 Å². The van der Waals surface area contributed by atoms with Crippen molar-refractivity contribution in [1.82, 2.24) is 4.90 Å². The number of sulfonamides is 1. The third-order valence-electron chi connectivity index (χ3n) is 6.11. The summed E-state index contributed by atoms with van der Waals surface area (Å²) in [5, 5.41) is 0. The first-order valence-corrected chi connectivity index (χ1v) is 12.6. The summed E-state index contributed by atoms with van der Waals surface area (Å²) in [4.78, 5) is 15.2. The van der Waals surface area contributed by atoms with E-state index in [2.05, 4.69) is 0 Å². The number of hydrogen-bond donors (Lipinski definition) is 0. The predicted octanol–water partition coefficient (Wildman–Crippen LogP) is 4.40. The maximum atomic E-state index is 13.7. The van der Waals surface area contributed by atoms with Crippen molar-refractivity contribution in [3.8, 4) is 11.5 Å². The number of nitrogens with zero attached hydrogens (tertiary/aromatic N) is 2. The fourth-order valence-electron chi connectivity index (χ4n) is 4.25. The number of rotatable bonds is 8. The zero-order valence-corrected chi connectivity index (χ0v) is 20.4. The van der Waals surface area contributed by atoms with Crippen LogP contribution in [0.15, 0.2) is 77.7 Å². The molecule has 1 heterocycles. The van der Waals surface area contributed by atoms with Crippen LogP contribution in [0, 0.1) is 5.82 Å². The van der Waals surface area contributed by atoms with E-state index in [1.807, 2.05) is 0 Å². The van der Waals surface area contributed by atoms with E-state index >= 15 is 0 Å². The Hall–Kier alpha value is -3.59. The molecular formula is C26H27FN2O5S. The molecular weight excluding hydrogens is 471 g/mol. The molecule has 0 bridgehead atoms. The molecule has 0 aliphatic carbocycles. The average molecular weight is 499 g/mol. The molecule has 3 aromatic rings. The topological polar surface area (TPSA) is 76.2 Å². The van der Waals surface area contributed by atoms with Gasteiger partial charge in [0, 0.05) is 6.54 Å². The van der Waals surface area contributed by atoms with Gasteiger partial charge in [-0.05, 0) is 79.1 Å². The van der Waals surface area contributed by atoms with E-state index < -0.39 is 10.0 Å². The number of anilines is 1. The zero-order chi connectivity index (χ0) is 25.0. The molecule has 0 aromatic heterocycles. The number of likely N-dealkylation sites (tertiary alicyclic amines) is 1. The largest absolute Gasteiger partial charge is 0.497 e. The Morgan fingerprint density at radius 1 is 0.943 bits per heavy atom. The first-order valence-electron chi connectivity index (χ1n) is 11.2. The van der Waals surface area contributed by atoms with Gasteiger partial charge >= 0.3 is 0 Å². The molecule has 0 radical (unpaired) electrons. The average Bonchev–Trinajstić information content (AvgIpc) is 3.38. The molecule has 1 fully saturated rings. The van der Waals surface area contributed by atoms with Crippen molar-refractivity contribution in [3.63, 3.8) is 0 Å². The Bertz CT molecular complexity index is 1260. The molecule has 0 saturated carbocycles. The Morgan fingerprint density at radius 2 is 1.51 bits per heavy atom. The van der Waals surface area contributed by atoms with Gasteiger partial charge in [-0.15, -0.1) is 0 Å². The van der Waals surface area contributed by atoms with Gasteiger partial charge in [0.2, 0.25) is 5.91 Å². The predicted molar refractivity (Wildman–Crippen MR) is 131 cm³/mol. The quantitative estimate of drug-likeness (QED) is 0.460. The molecule has 1 aliphatic heterocycles. The summed E-state index contributed by atoms with van der Waals surface area (Å²) in [7, 11) is -1.05. The van der Waals surface area contributed by atoms with Crippen molar-refractivity contribution in [2.24, 2.45) is 0 Å². The zero-order valence-electron chi connectivity index (χ0n) is 19.6. The van der Waals surface area contributed by atoms with Crippen molar-refractivity contribution >= 4 is 21.6 Å². The molecule has 3 aromatic carbocycles. The van der Waals surface area contributed by atoms with Crippen LogP contribution in [0.3, 0.4) is 0 Å². The van der Waals surface area contributed by atoms with Gasteiger partial charge < -0.3 is 14.4 Å². The van der Waals surface area contributed by atoms with Gasteiger partial charge in [0.05, 0.1) is 30.8 Å². The lowest BCUT2D eigenvalue weighted by Gasteiger charge is -2.30. The number of hydrogen-bond acceptors (Lipinski definition) is 5.